The number of rotatable bonds is 5. The fraction of sp³-hybridized carbons (Fsp3) is 0.333. The number of carbonyl (C=O) groups is 1. The Hall–Kier alpha value is -1.41. The molecule has 0 N–H and O–H groups in total. The first-order chi connectivity index (χ1) is 14.0. The molecular weight excluding hydrogens is 465 g/mol. The molecule has 5 nitrogen and oxygen atoms in total. The number of anilines is 1. The average Bonchev–Trinajstić information content (AvgIpc) is 3.18. The van der Waals surface area contributed by atoms with Gasteiger partial charge < -0.3 is 4.74 Å². The van der Waals surface area contributed by atoms with Crippen molar-refractivity contribution >= 4 is 68.2 Å². The molecule has 1 aliphatic heterocycles. The van der Waals surface area contributed by atoms with E-state index >= 15 is 0 Å². The second kappa shape index (κ2) is 10.3. The van der Waals surface area contributed by atoms with E-state index in [1.165, 1.54) is 11.3 Å². The Morgan fingerprint density at radius 3 is 2.60 bits per heavy atom. The molecule has 1 aromatic heterocycles. The number of amides is 1. The second-order valence-corrected chi connectivity index (χ2v) is 8.72. The molecule has 1 saturated heterocycles. The number of hydrogen-bond acceptors (Lipinski definition) is 5. The normalized spacial score (nSPS) is 14.5. The molecule has 1 aliphatic rings. The molecule has 3 aromatic rings. The summed E-state index contributed by atoms with van der Waals surface area (Å²) in [6, 6.07) is 10.9. The minimum Gasteiger partial charge on any atom is -0.379 e. The summed E-state index contributed by atoms with van der Waals surface area (Å²) < 4.78 is 6.32. The number of fused-ring (bicyclic) bond motifs is 1. The van der Waals surface area contributed by atoms with E-state index in [0.29, 0.717) is 40.5 Å². The number of aromatic nitrogens is 1. The Balaban J connectivity index is 0.00000256. The molecule has 2 aromatic carbocycles. The number of ether oxygens (including phenoxy) is 1. The Bertz CT molecular complexity index is 999. The van der Waals surface area contributed by atoms with Gasteiger partial charge in [0.25, 0.3) is 5.91 Å². The summed E-state index contributed by atoms with van der Waals surface area (Å²) in [6.07, 6.45) is 0. The highest BCUT2D eigenvalue weighted by atomic mass is 35.5. The molecule has 30 heavy (non-hydrogen) atoms. The molecule has 9 heteroatoms. The van der Waals surface area contributed by atoms with Gasteiger partial charge in [-0.2, -0.15) is 0 Å². The van der Waals surface area contributed by atoms with Crippen LogP contribution >= 0.6 is 46.9 Å². The van der Waals surface area contributed by atoms with Crippen molar-refractivity contribution in [2.45, 2.75) is 6.92 Å². The van der Waals surface area contributed by atoms with E-state index in [2.05, 4.69) is 4.90 Å². The summed E-state index contributed by atoms with van der Waals surface area (Å²) in [5, 5.41) is 1.71. The maximum atomic E-state index is 13.4. The van der Waals surface area contributed by atoms with Crippen LogP contribution in [0.25, 0.3) is 10.2 Å². The number of halogens is 3. The highest BCUT2D eigenvalue weighted by Gasteiger charge is 2.25. The van der Waals surface area contributed by atoms with Crippen molar-refractivity contribution in [3.8, 4) is 0 Å². The van der Waals surface area contributed by atoms with Crippen molar-refractivity contribution in [2.24, 2.45) is 0 Å². The minimum absolute atomic E-state index is 0. The van der Waals surface area contributed by atoms with Gasteiger partial charge >= 0.3 is 0 Å². The zero-order valence-corrected chi connectivity index (χ0v) is 19.6. The van der Waals surface area contributed by atoms with E-state index < -0.39 is 0 Å². The number of aryl methyl sites for hydroxylation is 1. The third-order valence-corrected chi connectivity index (χ3v) is 6.88. The maximum Gasteiger partial charge on any atom is 0.261 e. The molecule has 1 amide bonds. The summed E-state index contributed by atoms with van der Waals surface area (Å²) in [6.45, 7) is 6.40. The van der Waals surface area contributed by atoms with E-state index in [-0.39, 0.29) is 18.3 Å². The third kappa shape index (κ3) is 4.90. The van der Waals surface area contributed by atoms with E-state index in [1.54, 1.807) is 17.0 Å². The minimum atomic E-state index is -0.156. The molecule has 0 radical (unpaired) electrons. The van der Waals surface area contributed by atoms with Crippen LogP contribution in [0.1, 0.15) is 15.9 Å². The van der Waals surface area contributed by atoms with Gasteiger partial charge in [-0.3, -0.25) is 14.6 Å². The first-order valence-corrected chi connectivity index (χ1v) is 11.0. The number of morpholine rings is 1. The van der Waals surface area contributed by atoms with Gasteiger partial charge in [0.05, 0.1) is 39.0 Å². The van der Waals surface area contributed by atoms with Gasteiger partial charge in [0.2, 0.25) is 0 Å². The van der Waals surface area contributed by atoms with Gasteiger partial charge in [0.15, 0.2) is 5.13 Å². The largest absolute Gasteiger partial charge is 0.379 e. The lowest BCUT2D eigenvalue weighted by atomic mass is 10.2. The van der Waals surface area contributed by atoms with Crippen LogP contribution in [0.3, 0.4) is 0 Å². The predicted octanol–water partition coefficient (Wildman–Crippen LogP) is 5.31. The van der Waals surface area contributed by atoms with Crippen LogP contribution in [0.2, 0.25) is 10.0 Å². The first-order valence-electron chi connectivity index (χ1n) is 9.47. The summed E-state index contributed by atoms with van der Waals surface area (Å²) in [4.78, 5) is 22.2. The molecule has 0 atom stereocenters. The van der Waals surface area contributed by atoms with Gasteiger partial charge in [0, 0.05) is 26.2 Å². The molecular formula is C21H22Cl3N3O2S. The van der Waals surface area contributed by atoms with Crippen molar-refractivity contribution in [3.63, 3.8) is 0 Å². The van der Waals surface area contributed by atoms with E-state index in [9.17, 15) is 4.79 Å². The molecule has 160 valence electrons. The van der Waals surface area contributed by atoms with E-state index in [4.69, 9.17) is 32.9 Å². The van der Waals surface area contributed by atoms with Crippen LogP contribution in [0, 0.1) is 6.92 Å². The topological polar surface area (TPSA) is 45.7 Å². The summed E-state index contributed by atoms with van der Waals surface area (Å²) >= 11 is 14.1. The standard InChI is InChI=1S/C21H21Cl2N3O2S.ClH/c1-14-6-7-17(23)19-18(14)24-21(29-19)26(9-8-25-10-12-28-13-11-25)20(27)15-4-2-3-5-16(15)22;/h2-7H,8-13H2,1H3;1H. The molecule has 0 aliphatic carbocycles. The van der Waals surface area contributed by atoms with Crippen molar-refractivity contribution < 1.29 is 9.53 Å². The monoisotopic (exact) mass is 485 g/mol. The van der Waals surface area contributed by atoms with Crippen molar-refractivity contribution in [1.29, 1.82) is 0 Å². The van der Waals surface area contributed by atoms with Crippen molar-refractivity contribution in [1.82, 2.24) is 9.88 Å². The van der Waals surface area contributed by atoms with Gasteiger partial charge in [-0.15, -0.1) is 12.4 Å². The first kappa shape index (κ1) is 23.3. The lowest BCUT2D eigenvalue weighted by Crippen LogP contribution is -2.43. The van der Waals surface area contributed by atoms with Crippen molar-refractivity contribution in [2.75, 3.05) is 44.3 Å². The Morgan fingerprint density at radius 1 is 1.17 bits per heavy atom. The lowest BCUT2D eigenvalue weighted by molar-refractivity contribution is 0.0391. The molecule has 4 rings (SSSR count). The molecule has 2 heterocycles. The summed E-state index contributed by atoms with van der Waals surface area (Å²) in [5.41, 5.74) is 2.34. The number of hydrogen-bond donors (Lipinski definition) is 0. The fourth-order valence-electron chi connectivity index (χ4n) is 3.34. The number of carbonyl (C=O) groups excluding carboxylic acids is 1. The SMILES string of the molecule is Cc1ccc(Cl)c2sc(N(CCN3CCOCC3)C(=O)c3ccccc3Cl)nc12.Cl. The molecule has 1 fully saturated rings. The molecule has 0 unspecified atom stereocenters. The highest BCUT2D eigenvalue weighted by molar-refractivity contribution is 7.23. The van der Waals surface area contributed by atoms with Crippen LogP contribution < -0.4 is 4.90 Å². The van der Waals surface area contributed by atoms with E-state index in [1.807, 2.05) is 31.2 Å². The lowest BCUT2D eigenvalue weighted by Gasteiger charge is -2.29. The number of benzene rings is 2. The summed E-state index contributed by atoms with van der Waals surface area (Å²) in [7, 11) is 0. The zero-order valence-electron chi connectivity index (χ0n) is 16.4. The Kier molecular flexibility index (Phi) is 7.96. The zero-order chi connectivity index (χ0) is 20.4. The fourth-order valence-corrected chi connectivity index (χ4v) is 4.89. The Morgan fingerprint density at radius 2 is 1.90 bits per heavy atom. The van der Waals surface area contributed by atoms with Crippen LogP contribution in [0.15, 0.2) is 36.4 Å². The quantitative estimate of drug-likeness (QED) is 0.490. The molecule has 0 saturated carbocycles. The Labute approximate surface area is 195 Å². The highest BCUT2D eigenvalue weighted by Crippen LogP contribution is 2.36. The van der Waals surface area contributed by atoms with Crippen molar-refractivity contribution in [3.05, 3.63) is 57.6 Å². The second-order valence-electron chi connectivity index (χ2n) is 6.93. The van der Waals surface area contributed by atoms with E-state index in [0.717, 1.165) is 35.4 Å². The predicted molar refractivity (Wildman–Crippen MR) is 127 cm³/mol. The number of thiazole rings is 1. The van der Waals surface area contributed by atoms with Crippen LogP contribution in [0.4, 0.5) is 5.13 Å². The number of nitrogens with zero attached hydrogens (tertiary/aromatic N) is 3. The maximum absolute atomic E-state index is 13.4. The molecule has 0 spiro atoms. The third-order valence-electron chi connectivity index (χ3n) is 5.01. The molecule has 0 bridgehead atoms. The van der Waals surface area contributed by atoms with Gasteiger partial charge in [-0.05, 0) is 30.7 Å². The van der Waals surface area contributed by atoms with Crippen LogP contribution in [-0.2, 0) is 4.74 Å². The van der Waals surface area contributed by atoms with Gasteiger partial charge in [0.1, 0.15) is 0 Å². The van der Waals surface area contributed by atoms with Crippen LogP contribution in [-0.4, -0.2) is 55.2 Å². The summed E-state index contributed by atoms with van der Waals surface area (Å²) in [5.74, 6) is -0.156. The van der Waals surface area contributed by atoms with Crippen LogP contribution in [0.5, 0.6) is 0 Å². The van der Waals surface area contributed by atoms with Gasteiger partial charge in [-0.1, -0.05) is 52.7 Å². The van der Waals surface area contributed by atoms with Gasteiger partial charge in [-0.25, -0.2) is 4.98 Å². The smallest absolute Gasteiger partial charge is 0.261 e. The average molecular weight is 487 g/mol.